The van der Waals surface area contributed by atoms with E-state index in [1.165, 1.54) is 16.6 Å². The molecule has 1 aliphatic rings. The lowest BCUT2D eigenvalue weighted by Crippen LogP contribution is -2.28. The Balaban J connectivity index is 1.69. The van der Waals surface area contributed by atoms with Crippen molar-refractivity contribution in [2.75, 3.05) is 13.1 Å². The molecule has 1 saturated heterocycles. The van der Waals surface area contributed by atoms with Crippen molar-refractivity contribution in [3.8, 4) is 0 Å². The van der Waals surface area contributed by atoms with Crippen molar-refractivity contribution in [2.24, 2.45) is 0 Å². The molecule has 2 heterocycles. The van der Waals surface area contributed by atoms with Gasteiger partial charge in [0.25, 0.3) is 0 Å². The van der Waals surface area contributed by atoms with Crippen LogP contribution in [0.15, 0.2) is 30.3 Å². The largest absolute Gasteiger partial charge is 0.358 e. The van der Waals surface area contributed by atoms with Gasteiger partial charge >= 0.3 is 0 Å². The number of hydrogen-bond acceptors (Lipinski definition) is 1. The van der Waals surface area contributed by atoms with Crippen LogP contribution in [-0.4, -0.2) is 28.9 Å². The highest BCUT2D eigenvalue weighted by atomic mass is 16.2. The van der Waals surface area contributed by atoms with E-state index >= 15 is 0 Å². The van der Waals surface area contributed by atoms with Gasteiger partial charge in [-0.3, -0.25) is 4.79 Å². The maximum absolute atomic E-state index is 12.1. The van der Waals surface area contributed by atoms with Gasteiger partial charge in [-0.15, -0.1) is 0 Å². The molecule has 1 aliphatic heterocycles. The number of unbranched alkanes of at least 4 members (excludes halogenated alkanes) is 1. The lowest BCUT2D eigenvalue weighted by atomic mass is 10.1. The Bertz CT molecular complexity index is 569. The number of nitrogens with one attached hydrogen (secondary N) is 1. The third-order valence-corrected chi connectivity index (χ3v) is 4.28. The summed E-state index contributed by atoms with van der Waals surface area (Å²) in [4.78, 5) is 17.6. The lowest BCUT2D eigenvalue weighted by molar-refractivity contribution is -0.130. The zero-order valence-electron chi connectivity index (χ0n) is 12.1. The first-order chi connectivity index (χ1) is 9.78. The Morgan fingerprint density at radius 1 is 1.40 bits per heavy atom. The molecule has 0 bridgehead atoms. The first-order valence-corrected chi connectivity index (χ1v) is 7.63. The molecule has 0 spiro atoms. The molecule has 1 unspecified atom stereocenters. The molecule has 3 heteroatoms. The van der Waals surface area contributed by atoms with Crippen LogP contribution in [0.1, 0.15) is 44.2 Å². The molecule has 0 saturated carbocycles. The van der Waals surface area contributed by atoms with Crippen molar-refractivity contribution in [3.05, 3.63) is 36.0 Å². The third kappa shape index (κ3) is 2.58. The van der Waals surface area contributed by atoms with Gasteiger partial charge < -0.3 is 9.88 Å². The first kappa shape index (κ1) is 13.2. The van der Waals surface area contributed by atoms with Crippen LogP contribution in [0.3, 0.4) is 0 Å². The van der Waals surface area contributed by atoms with Gasteiger partial charge in [0.15, 0.2) is 0 Å². The quantitative estimate of drug-likeness (QED) is 0.904. The van der Waals surface area contributed by atoms with Gasteiger partial charge in [0, 0.05) is 36.6 Å². The second-order valence-corrected chi connectivity index (χ2v) is 5.74. The molecule has 20 heavy (non-hydrogen) atoms. The Labute approximate surface area is 120 Å². The number of likely N-dealkylation sites (tertiary alicyclic amines) is 1. The maximum atomic E-state index is 12.1. The second-order valence-electron chi connectivity index (χ2n) is 5.74. The number of rotatable bonds is 4. The fourth-order valence-electron chi connectivity index (χ4n) is 3.04. The molecular formula is C17H22N2O. The zero-order chi connectivity index (χ0) is 13.9. The van der Waals surface area contributed by atoms with Crippen molar-refractivity contribution in [3.63, 3.8) is 0 Å². The Kier molecular flexibility index (Phi) is 3.77. The number of aromatic nitrogens is 1. The van der Waals surface area contributed by atoms with Gasteiger partial charge in [0.1, 0.15) is 0 Å². The lowest BCUT2D eigenvalue weighted by Gasteiger charge is -2.16. The predicted octanol–water partition coefficient (Wildman–Crippen LogP) is 3.67. The van der Waals surface area contributed by atoms with E-state index < -0.39 is 0 Å². The van der Waals surface area contributed by atoms with Crippen molar-refractivity contribution in [2.45, 2.75) is 38.5 Å². The van der Waals surface area contributed by atoms with Gasteiger partial charge in [0.2, 0.25) is 5.91 Å². The molecule has 1 N–H and O–H groups in total. The molecule has 1 aromatic carbocycles. The molecule has 1 fully saturated rings. The summed E-state index contributed by atoms with van der Waals surface area (Å²) < 4.78 is 0. The van der Waals surface area contributed by atoms with E-state index in [0.717, 1.165) is 32.4 Å². The SMILES string of the molecule is CCCCC(=O)N1CCC(c2cc3ccccc3[nH]2)C1. The van der Waals surface area contributed by atoms with Gasteiger partial charge in [-0.05, 0) is 30.4 Å². The van der Waals surface area contributed by atoms with E-state index in [1.54, 1.807) is 0 Å². The monoisotopic (exact) mass is 270 g/mol. The molecule has 2 aromatic rings. The number of aromatic amines is 1. The Morgan fingerprint density at radius 3 is 3.05 bits per heavy atom. The number of H-pyrrole nitrogens is 1. The number of carbonyl (C=O) groups excluding carboxylic acids is 1. The van der Waals surface area contributed by atoms with Gasteiger partial charge in [-0.25, -0.2) is 0 Å². The van der Waals surface area contributed by atoms with Crippen molar-refractivity contribution in [1.82, 2.24) is 9.88 Å². The molecule has 106 valence electrons. The van der Waals surface area contributed by atoms with E-state index in [4.69, 9.17) is 0 Å². The topological polar surface area (TPSA) is 36.1 Å². The predicted molar refractivity (Wildman–Crippen MR) is 81.8 cm³/mol. The average molecular weight is 270 g/mol. The van der Waals surface area contributed by atoms with Crippen LogP contribution in [-0.2, 0) is 4.79 Å². The molecule has 0 aliphatic carbocycles. The summed E-state index contributed by atoms with van der Waals surface area (Å²) in [6, 6.07) is 10.6. The summed E-state index contributed by atoms with van der Waals surface area (Å²) in [5.41, 5.74) is 2.47. The summed E-state index contributed by atoms with van der Waals surface area (Å²) in [6.07, 6.45) is 3.87. The standard InChI is InChI=1S/C17H22N2O/c1-2-3-8-17(20)19-10-9-14(12-19)16-11-13-6-4-5-7-15(13)18-16/h4-7,11,14,18H,2-3,8-10,12H2,1H3. The fourth-order valence-corrected chi connectivity index (χ4v) is 3.04. The average Bonchev–Trinajstić information content (AvgIpc) is 3.10. The van der Waals surface area contributed by atoms with Crippen LogP contribution in [0.4, 0.5) is 0 Å². The highest BCUT2D eigenvalue weighted by Crippen LogP contribution is 2.29. The van der Waals surface area contributed by atoms with Crippen molar-refractivity contribution < 1.29 is 4.79 Å². The summed E-state index contributed by atoms with van der Waals surface area (Å²) >= 11 is 0. The number of hydrogen-bond donors (Lipinski definition) is 1. The summed E-state index contributed by atoms with van der Waals surface area (Å²) in [5, 5.41) is 1.26. The second kappa shape index (κ2) is 5.70. The van der Waals surface area contributed by atoms with Crippen LogP contribution in [0.25, 0.3) is 10.9 Å². The third-order valence-electron chi connectivity index (χ3n) is 4.28. The van der Waals surface area contributed by atoms with Gasteiger partial charge in [0.05, 0.1) is 0 Å². The van der Waals surface area contributed by atoms with Crippen LogP contribution >= 0.6 is 0 Å². The smallest absolute Gasteiger partial charge is 0.222 e. The summed E-state index contributed by atoms with van der Waals surface area (Å²) in [5.74, 6) is 0.790. The Hall–Kier alpha value is -1.77. The van der Waals surface area contributed by atoms with E-state index in [-0.39, 0.29) is 0 Å². The van der Waals surface area contributed by atoms with Crippen LogP contribution in [0.5, 0.6) is 0 Å². The van der Waals surface area contributed by atoms with Crippen LogP contribution in [0, 0.1) is 0 Å². The van der Waals surface area contributed by atoms with Crippen LogP contribution in [0.2, 0.25) is 0 Å². The minimum absolute atomic E-state index is 0.325. The number of amides is 1. The van der Waals surface area contributed by atoms with Gasteiger partial charge in [-0.1, -0.05) is 31.5 Å². The first-order valence-electron chi connectivity index (χ1n) is 7.63. The molecule has 1 amide bonds. The number of fused-ring (bicyclic) bond motifs is 1. The Morgan fingerprint density at radius 2 is 2.25 bits per heavy atom. The molecular weight excluding hydrogens is 248 g/mol. The van der Waals surface area contributed by atoms with E-state index in [2.05, 4.69) is 42.2 Å². The molecule has 1 atom stereocenters. The van der Waals surface area contributed by atoms with Crippen molar-refractivity contribution >= 4 is 16.8 Å². The normalized spacial score (nSPS) is 18.9. The zero-order valence-corrected chi connectivity index (χ0v) is 12.1. The minimum atomic E-state index is 0.325. The molecule has 3 rings (SSSR count). The minimum Gasteiger partial charge on any atom is -0.358 e. The number of nitrogens with zero attached hydrogens (tertiary/aromatic N) is 1. The van der Waals surface area contributed by atoms with Crippen LogP contribution < -0.4 is 0 Å². The number of para-hydroxylation sites is 1. The number of benzene rings is 1. The molecule has 1 aromatic heterocycles. The molecule has 0 radical (unpaired) electrons. The highest BCUT2D eigenvalue weighted by Gasteiger charge is 2.27. The van der Waals surface area contributed by atoms with E-state index in [0.29, 0.717) is 18.2 Å². The number of carbonyl (C=O) groups is 1. The summed E-state index contributed by atoms with van der Waals surface area (Å²) in [6.45, 7) is 3.91. The highest BCUT2D eigenvalue weighted by molar-refractivity contribution is 5.80. The summed E-state index contributed by atoms with van der Waals surface area (Å²) in [7, 11) is 0. The fraction of sp³-hybridized carbons (Fsp3) is 0.471. The van der Waals surface area contributed by atoms with Gasteiger partial charge in [-0.2, -0.15) is 0 Å². The van der Waals surface area contributed by atoms with Crippen molar-refractivity contribution in [1.29, 1.82) is 0 Å². The van der Waals surface area contributed by atoms with E-state index in [1.807, 2.05) is 4.90 Å². The van der Waals surface area contributed by atoms with E-state index in [9.17, 15) is 4.79 Å². The maximum Gasteiger partial charge on any atom is 0.222 e. The molecule has 3 nitrogen and oxygen atoms in total.